The number of rotatable bonds is 4. The predicted molar refractivity (Wildman–Crippen MR) is 104 cm³/mol. The van der Waals surface area contributed by atoms with Gasteiger partial charge in [0.05, 0.1) is 30.3 Å². The van der Waals surface area contributed by atoms with Crippen LogP contribution in [0.5, 0.6) is 5.75 Å². The zero-order valence-electron chi connectivity index (χ0n) is 15.5. The second kappa shape index (κ2) is 6.92. The summed E-state index contributed by atoms with van der Waals surface area (Å²) < 4.78 is 5.12. The average Bonchev–Trinajstić information content (AvgIpc) is 3.17. The molecule has 2 heterocycles. The highest BCUT2D eigenvalue weighted by Gasteiger charge is 2.50. The van der Waals surface area contributed by atoms with Gasteiger partial charge in [0.25, 0.3) is 5.91 Å². The van der Waals surface area contributed by atoms with Crippen molar-refractivity contribution in [3.05, 3.63) is 54.6 Å². The van der Waals surface area contributed by atoms with Crippen molar-refractivity contribution < 1.29 is 19.1 Å². The Hall–Kier alpha value is -3.48. The molecule has 0 aliphatic carbocycles. The van der Waals surface area contributed by atoms with Crippen molar-refractivity contribution >= 4 is 34.8 Å². The maximum atomic E-state index is 13.0. The van der Waals surface area contributed by atoms with Gasteiger partial charge < -0.3 is 4.74 Å². The summed E-state index contributed by atoms with van der Waals surface area (Å²) in [6.07, 6.45) is -0.0171. The third kappa shape index (κ3) is 2.85. The molecule has 0 unspecified atom stereocenters. The van der Waals surface area contributed by atoms with E-state index in [1.807, 2.05) is 18.2 Å². The molecule has 2 aliphatic heterocycles. The number of ether oxygens (including phenoxy) is 1. The number of amides is 3. The van der Waals surface area contributed by atoms with E-state index in [0.29, 0.717) is 22.8 Å². The molecule has 2 aromatic carbocycles. The zero-order chi connectivity index (χ0) is 19.8. The minimum absolute atomic E-state index is 0.0171. The Morgan fingerprint density at radius 2 is 1.61 bits per heavy atom. The largest absolute Gasteiger partial charge is 0.497 e. The van der Waals surface area contributed by atoms with Crippen LogP contribution in [0.25, 0.3) is 0 Å². The molecule has 3 amide bonds. The minimum atomic E-state index is -0.750. The Labute approximate surface area is 162 Å². The third-order valence-corrected chi connectivity index (χ3v) is 5.10. The molecular formula is C21H19N3O4. The van der Waals surface area contributed by atoms with E-state index in [9.17, 15) is 14.4 Å². The van der Waals surface area contributed by atoms with Crippen LogP contribution in [-0.2, 0) is 14.4 Å². The molecule has 28 heavy (non-hydrogen) atoms. The first-order chi connectivity index (χ1) is 13.5. The highest BCUT2D eigenvalue weighted by molar-refractivity contribution is 6.25. The fraction of sp³-hybridized carbons (Fsp3) is 0.238. The first kappa shape index (κ1) is 17.9. The summed E-state index contributed by atoms with van der Waals surface area (Å²) in [6.45, 7) is 1.72. The summed E-state index contributed by atoms with van der Waals surface area (Å²) in [6, 6.07) is 15.7. The molecule has 0 saturated carbocycles. The molecule has 1 saturated heterocycles. The number of hydrogen-bond acceptors (Lipinski definition) is 5. The molecule has 7 heteroatoms. The van der Waals surface area contributed by atoms with Crippen molar-refractivity contribution in [2.75, 3.05) is 17.0 Å². The SMILES string of the molecule is COc1ccc(N2C(=O)C[C@H]([C@H]3C(=O)N(c4ccccc4)N=C3C)C2=O)cc1. The van der Waals surface area contributed by atoms with Gasteiger partial charge in [-0.05, 0) is 43.3 Å². The zero-order valence-corrected chi connectivity index (χ0v) is 15.5. The van der Waals surface area contributed by atoms with Gasteiger partial charge in [0.2, 0.25) is 11.8 Å². The Morgan fingerprint density at radius 3 is 2.25 bits per heavy atom. The topological polar surface area (TPSA) is 79.3 Å². The van der Waals surface area contributed by atoms with E-state index in [4.69, 9.17) is 4.74 Å². The maximum absolute atomic E-state index is 13.0. The summed E-state index contributed by atoms with van der Waals surface area (Å²) in [5.41, 5.74) is 1.65. The summed E-state index contributed by atoms with van der Waals surface area (Å²) in [5.74, 6) is -1.84. The molecule has 0 radical (unpaired) electrons. The van der Waals surface area contributed by atoms with Gasteiger partial charge in [0.1, 0.15) is 5.75 Å². The molecule has 2 aromatic rings. The Balaban J connectivity index is 1.60. The first-order valence-corrected chi connectivity index (χ1v) is 8.96. The molecule has 0 bridgehead atoms. The van der Waals surface area contributed by atoms with Gasteiger partial charge in [-0.1, -0.05) is 18.2 Å². The summed E-state index contributed by atoms with van der Waals surface area (Å²) >= 11 is 0. The number of carbonyl (C=O) groups is 3. The quantitative estimate of drug-likeness (QED) is 0.767. The first-order valence-electron chi connectivity index (χ1n) is 8.96. The van der Waals surface area contributed by atoms with Gasteiger partial charge in [-0.15, -0.1) is 0 Å². The second-order valence-corrected chi connectivity index (χ2v) is 6.78. The van der Waals surface area contributed by atoms with E-state index >= 15 is 0 Å². The number of carbonyl (C=O) groups excluding carboxylic acids is 3. The molecule has 4 rings (SSSR count). The number of methoxy groups -OCH3 is 1. The van der Waals surface area contributed by atoms with E-state index in [1.165, 1.54) is 5.01 Å². The second-order valence-electron chi connectivity index (χ2n) is 6.78. The van der Waals surface area contributed by atoms with Crippen molar-refractivity contribution in [3.8, 4) is 5.75 Å². The molecule has 142 valence electrons. The van der Waals surface area contributed by atoms with Gasteiger partial charge in [-0.25, -0.2) is 5.01 Å². The number of benzene rings is 2. The van der Waals surface area contributed by atoms with Crippen molar-refractivity contribution in [2.24, 2.45) is 16.9 Å². The lowest BCUT2D eigenvalue weighted by atomic mass is 9.87. The lowest BCUT2D eigenvalue weighted by Crippen LogP contribution is -2.37. The van der Waals surface area contributed by atoms with Crippen LogP contribution in [0.15, 0.2) is 59.7 Å². The lowest BCUT2D eigenvalue weighted by molar-refractivity contribution is -0.127. The summed E-state index contributed by atoms with van der Waals surface area (Å²) in [7, 11) is 1.55. The number of imide groups is 1. The van der Waals surface area contributed by atoms with Gasteiger partial charge in [0.15, 0.2) is 0 Å². The molecule has 1 fully saturated rings. The van der Waals surface area contributed by atoms with Crippen molar-refractivity contribution in [2.45, 2.75) is 13.3 Å². The van der Waals surface area contributed by atoms with Crippen LogP contribution in [-0.4, -0.2) is 30.5 Å². The van der Waals surface area contributed by atoms with Crippen LogP contribution in [0, 0.1) is 11.8 Å². The van der Waals surface area contributed by atoms with Gasteiger partial charge in [-0.2, -0.15) is 5.10 Å². The number of hydrazone groups is 1. The van der Waals surface area contributed by atoms with E-state index in [-0.39, 0.29) is 24.1 Å². The van der Waals surface area contributed by atoms with Crippen LogP contribution in [0.2, 0.25) is 0 Å². The van der Waals surface area contributed by atoms with Crippen molar-refractivity contribution in [1.29, 1.82) is 0 Å². The van der Waals surface area contributed by atoms with Crippen LogP contribution >= 0.6 is 0 Å². The summed E-state index contributed by atoms with van der Waals surface area (Å²) in [4.78, 5) is 39.8. The van der Waals surface area contributed by atoms with E-state index in [1.54, 1.807) is 50.4 Å². The Morgan fingerprint density at radius 1 is 0.929 bits per heavy atom. The fourth-order valence-corrected chi connectivity index (χ4v) is 3.72. The fourth-order valence-electron chi connectivity index (χ4n) is 3.72. The van der Waals surface area contributed by atoms with Crippen LogP contribution in [0.3, 0.4) is 0 Å². The van der Waals surface area contributed by atoms with Crippen molar-refractivity contribution in [3.63, 3.8) is 0 Å². The predicted octanol–water partition coefficient (Wildman–Crippen LogP) is 2.61. The number of hydrogen-bond donors (Lipinski definition) is 0. The van der Waals surface area contributed by atoms with Crippen LogP contribution in [0.1, 0.15) is 13.3 Å². The molecule has 7 nitrogen and oxygen atoms in total. The van der Waals surface area contributed by atoms with Gasteiger partial charge in [-0.3, -0.25) is 19.3 Å². The van der Waals surface area contributed by atoms with E-state index in [0.717, 1.165) is 4.90 Å². The lowest BCUT2D eigenvalue weighted by Gasteiger charge is -2.19. The van der Waals surface area contributed by atoms with Crippen LogP contribution in [0.4, 0.5) is 11.4 Å². The Bertz CT molecular complexity index is 969. The van der Waals surface area contributed by atoms with Gasteiger partial charge >= 0.3 is 0 Å². The monoisotopic (exact) mass is 377 g/mol. The number of para-hydroxylation sites is 1. The highest BCUT2D eigenvalue weighted by atomic mass is 16.5. The molecular weight excluding hydrogens is 358 g/mol. The molecule has 0 aromatic heterocycles. The summed E-state index contributed by atoms with van der Waals surface area (Å²) in [5, 5.41) is 5.66. The van der Waals surface area contributed by atoms with Crippen molar-refractivity contribution in [1.82, 2.24) is 0 Å². The maximum Gasteiger partial charge on any atom is 0.257 e. The average molecular weight is 377 g/mol. The molecule has 2 atom stereocenters. The normalized spacial score (nSPS) is 22.1. The highest BCUT2D eigenvalue weighted by Crippen LogP contribution is 2.36. The molecule has 0 spiro atoms. The van der Waals surface area contributed by atoms with Gasteiger partial charge in [0, 0.05) is 12.1 Å². The number of anilines is 2. The van der Waals surface area contributed by atoms with E-state index < -0.39 is 11.8 Å². The van der Waals surface area contributed by atoms with Crippen LogP contribution < -0.4 is 14.6 Å². The number of nitrogens with zero attached hydrogens (tertiary/aromatic N) is 3. The molecule has 0 N–H and O–H groups in total. The Kier molecular flexibility index (Phi) is 4.43. The van der Waals surface area contributed by atoms with E-state index in [2.05, 4.69) is 5.10 Å². The standard InChI is InChI=1S/C21H19N3O4/c1-13-19(21(27)24(22-13)15-6-4-3-5-7-15)17-12-18(25)23(20(17)26)14-8-10-16(28-2)11-9-14/h3-11,17,19H,12H2,1-2H3/t17-,19+/m1/s1. The molecule has 2 aliphatic rings. The minimum Gasteiger partial charge on any atom is -0.497 e. The third-order valence-electron chi connectivity index (χ3n) is 5.10. The smallest absolute Gasteiger partial charge is 0.257 e.